The first kappa shape index (κ1) is 24.7. The van der Waals surface area contributed by atoms with Gasteiger partial charge in [0.15, 0.2) is 0 Å². The summed E-state index contributed by atoms with van der Waals surface area (Å²) in [4.78, 5) is 43.8. The lowest BCUT2D eigenvalue weighted by Gasteiger charge is -2.24. The molecule has 4 rings (SSSR count). The zero-order valence-corrected chi connectivity index (χ0v) is 20.5. The third-order valence-electron chi connectivity index (χ3n) is 5.91. The second-order valence-electron chi connectivity index (χ2n) is 8.15. The molecule has 0 aliphatic carbocycles. The van der Waals surface area contributed by atoms with E-state index in [-0.39, 0.29) is 24.2 Å². The second kappa shape index (κ2) is 10.9. The monoisotopic (exact) mass is 511 g/mol. The number of halogens is 2. The average Bonchev–Trinajstić information content (AvgIpc) is 3.03. The van der Waals surface area contributed by atoms with Crippen molar-refractivity contribution in [3.05, 3.63) is 87.5 Å². The molecule has 0 bridgehead atoms. The van der Waals surface area contributed by atoms with E-state index in [1.54, 1.807) is 53.4 Å². The maximum Gasteiger partial charge on any atom is 0.306 e. The number of ether oxygens (including phenoxy) is 1. The van der Waals surface area contributed by atoms with Gasteiger partial charge >= 0.3 is 5.97 Å². The molecule has 2 aromatic carbocycles. The summed E-state index contributed by atoms with van der Waals surface area (Å²) < 4.78 is 4.86. The minimum atomic E-state index is -0.392. The first-order valence-corrected chi connectivity index (χ1v) is 11.8. The number of esters is 1. The standard InChI is InChI=1S/C26H23Cl2N3O4/c1-35-24(32)13-16-5-4-12-31(22-10-9-18(27)14-20(16)22)26(34)17-8-11-23(29-15-17)30-25(33)19-6-2-3-7-21(19)28/h2-3,6-11,14-16H,4-5,12-13H2,1H3,(H,29,30,33). The molecule has 1 atom stereocenters. The molecule has 0 spiro atoms. The van der Waals surface area contributed by atoms with Gasteiger partial charge in [0.1, 0.15) is 5.82 Å². The lowest BCUT2D eigenvalue weighted by Crippen LogP contribution is -2.32. The maximum atomic E-state index is 13.4. The number of fused-ring (bicyclic) bond motifs is 1. The van der Waals surface area contributed by atoms with Crippen LogP contribution in [0.3, 0.4) is 0 Å². The minimum Gasteiger partial charge on any atom is -0.469 e. The van der Waals surface area contributed by atoms with Gasteiger partial charge in [-0.05, 0) is 66.8 Å². The maximum absolute atomic E-state index is 13.4. The number of hydrogen-bond donors (Lipinski definition) is 1. The second-order valence-corrected chi connectivity index (χ2v) is 8.99. The van der Waals surface area contributed by atoms with E-state index < -0.39 is 5.91 Å². The van der Waals surface area contributed by atoms with Crippen LogP contribution >= 0.6 is 23.2 Å². The smallest absolute Gasteiger partial charge is 0.306 e. The molecular formula is C26H23Cl2N3O4. The highest BCUT2D eigenvalue weighted by atomic mass is 35.5. The van der Waals surface area contributed by atoms with Crippen molar-refractivity contribution in [1.82, 2.24) is 4.98 Å². The number of anilines is 2. The summed E-state index contributed by atoms with van der Waals surface area (Å²) in [6.07, 6.45) is 3.07. The summed E-state index contributed by atoms with van der Waals surface area (Å²) in [7, 11) is 1.36. The number of nitrogens with one attached hydrogen (secondary N) is 1. The molecule has 2 heterocycles. The fourth-order valence-corrected chi connectivity index (χ4v) is 4.56. The predicted octanol–water partition coefficient (Wildman–Crippen LogP) is 5.73. The van der Waals surface area contributed by atoms with Crippen molar-refractivity contribution in [2.24, 2.45) is 0 Å². The van der Waals surface area contributed by atoms with Crippen LogP contribution in [0.4, 0.5) is 11.5 Å². The third-order valence-corrected chi connectivity index (χ3v) is 6.48. The number of pyridine rings is 1. The van der Waals surface area contributed by atoms with E-state index in [4.69, 9.17) is 27.9 Å². The summed E-state index contributed by atoms with van der Waals surface area (Å²) >= 11 is 12.3. The van der Waals surface area contributed by atoms with Crippen molar-refractivity contribution in [3.8, 4) is 0 Å². The molecule has 1 aliphatic heterocycles. The normalized spacial score (nSPS) is 15.1. The predicted molar refractivity (Wildman–Crippen MR) is 135 cm³/mol. The van der Waals surface area contributed by atoms with Crippen LogP contribution in [0.1, 0.15) is 51.5 Å². The van der Waals surface area contributed by atoms with E-state index >= 15 is 0 Å². The SMILES string of the molecule is COC(=O)CC1CCCN(C(=O)c2ccc(NC(=O)c3ccccc3Cl)nc2)c2ccc(Cl)cc21. The van der Waals surface area contributed by atoms with Crippen LogP contribution in [-0.4, -0.2) is 36.4 Å². The van der Waals surface area contributed by atoms with Crippen LogP contribution in [0.2, 0.25) is 10.0 Å². The molecule has 1 aliphatic rings. The van der Waals surface area contributed by atoms with Crippen LogP contribution in [0, 0.1) is 0 Å². The van der Waals surface area contributed by atoms with E-state index in [0.717, 1.165) is 12.0 Å². The summed E-state index contributed by atoms with van der Waals surface area (Å²) in [5, 5.41) is 3.56. The van der Waals surface area contributed by atoms with Crippen LogP contribution < -0.4 is 10.2 Å². The molecule has 1 unspecified atom stereocenters. The van der Waals surface area contributed by atoms with Crippen LogP contribution in [0.15, 0.2) is 60.8 Å². The number of aromatic nitrogens is 1. The number of methoxy groups -OCH3 is 1. The zero-order valence-electron chi connectivity index (χ0n) is 19.0. The molecule has 3 aromatic rings. The summed E-state index contributed by atoms with van der Waals surface area (Å²) in [5.41, 5.74) is 2.25. The Labute approximate surface area is 213 Å². The van der Waals surface area contributed by atoms with Gasteiger partial charge in [0.25, 0.3) is 11.8 Å². The van der Waals surface area contributed by atoms with E-state index in [9.17, 15) is 14.4 Å². The van der Waals surface area contributed by atoms with Crippen molar-refractivity contribution >= 4 is 52.5 Å². The van der Waals surface area contributed by atoms with Gasteiger partial charge in [-0.25, -0.2) is 4.98 Å². The quantitative estimate of drug-likeness (QED) is 0.442. The number of carbonyl (C=O) groups is 3. The highest BCUT2D eigenvalue weighted by Gasteiger charge is 2.29. The van der Waals surface area contributed by atoms with E-state index in [1.807, 2.05) is 6.07 Å². The number of nitrogens with zero attached hydrogens (tertiary/aromatic N) is 2. The number of carbonyl (C=O) groups excluding carboxylic acids is 3. The van der Waals surface area contributed by atoms with Gasteiger partial charge in [-0.15, -0.1) is 0 Å². The number of amides is 2. The van der Waals surface area contributed by atoms with Crippen molar-refractivity contribution in [2.75, 3.05) is 23.9 Å². The summed E-state index contributed by atoms with van der Waals surface area (Å²) in [6.45, 7) is 0.482. The molecule has 9 heteroatoms. The van der Waals surface area contributed by atoms with Crippen LogP contribution in [-0.2, 0) is 9.53 Å². The molecule has 0 saturated heterocycles. The van der Waals surface area contributed by atoms with Crippen LogP contribution in [0.5, 0.6) is 0 Å². The van der Waals surface area contributed by atoms with Gasteiger partial charge in [0, 0.05) is 23.5 Å². The molecular weight excluding hydrogens is 489 g/mol. The lowest BCUT2D eigenvalue weighted by molar-refractivity contribution is -0.141. The molecule has 0 radical (unpaired) electrons. The number of hydrogen-bond acceptors (Lipinski definition) is 5. The van der Waals surface area contributed by atoms with Crippen LogP contribution in [0.25, 0.3) is 0 Å². The minimum absolute atomic E-state index is 0.102. The highest BCUT2D eigenvalue weighted by Crippen LogP contribution is 2.38. The molecule has 2 amide bonds. The van der Waals surface area contributed by atoms with Crippen molar-refractivity contribution in [2.45, 2.75) is 25.2 Å². The van der Waals surface area contributed by atoms with Crippen molar-refractivity contribution in [3.63, 3.8) is 0 Å². The number of rotatable bonds is 5. The molecule has 1 aromatic heterocycles. The lowest BCUT2D eigenvalue weighted by atomic mass is 9.91. The summed E-state index contributed by atoms with van der Waals surface area (Å²) in [6, 6.07) is 15.2. The van der Waals surface area contributed by atoms with Gasteiger partial charge in [-0.3, -0.25) is 14.4 Å². The number of benzene rings is 2. The first-order chi connectivity index (χ1) is 16.9. The van der Waals surface area contributed by atoms with E-state index in [1.165, 1.54) is 13.3 Å². The Bertz CT molecular complexity index is 1260. The molecule has 0 fully saturated rings. The van der Waals surface area contributed by atoms with Gasteiger partial charge in [-0.2, -0.15) is 0 Å². The molecule has 35 heavy (non-hydrogen) atoms. The van der Waals surface area contributed by atoms with Gasteiger partial charge in [-0.1, -0.05) is 35.3 Å². The van der Waals surface area contributed by atoms with Gasteiger partial charge in [0.05, 0.1) is 29.7 Å². The van der Waals surface area contributed by atoms with Crippen molar-refractivity contribution in [1.29, 1.82) is 0 Å². The Morgan fingerprint density at radius 1 is 1.11 bits per heavy atom. The topological polar surface area (TPSA) is 88.6 Å². The van der Waals surface area contributed by atoms with Gasteiger partial charge in [0.2, 0.25) is 0 Å². The van der Waals surface area contributed by atoms with E-state index in [2.05, 4.69) is 10.3 Å². The molecule has 180 valence electrons. The Hall–Kier alpha value is -3.42. The Balaban J connectivity index is 1.55. The fraction of sp³-hybridized carbons (Fsp3) is 0.231. The first-order valence-electron chi connectivity index (χ1n) is 11.1. The fourth-order valence-electron chi connectivity index (χ4n) is 4.16. The molecule has 1 N–H and O–H groups in total. The zero-order chi connectivity index (χ0) is 24.9. The summed E-state index contributed by atoms with van der Waals surface area (Å²) in [5.74, 6) is -0.734. The molecule has 0 saturated carbocycles. The highest BCUT2D eigenvalue weighted by molar-refractivity contribution is 6.34. The largest absolute Gasteiger partial charge is 0.469 e. The molecule has 7 nitrogen and oxygen atoms in total. The average molecular weight is 512 g/mol. The Kier molecular flexibility index (Phi) is 7.68. The van der Waals surface area contributed by atoms with E-state index in [0.29, 0.717) is 45.6 Å². The van der Waals surface area contributed by atoms with Crippen molar-refractivity contribution < 1.29 is 19.1 Å². The Morgan fingerprint density at radius 2 is 1.91 bits per heavy atom. The van der Waals surface area contributed by atoms with Gasteiger partial charge < -0.3 is 15.0 Å². The Morgan fingerprint density at radius 3 is 2.63 bits per heavy atom. The third kappa shape index (κ3) is 5.63.